The zero-order chi connectivity index (χ0) is 31.6. The number of alkyl halides is 3. The van der Waals surface area contributed by atoms with Crippen LogP contribution in [0.15, 0.2) is 47.1 Å². The summed E-state index contributed by atoms with van der Waals surface area (Å²) >= 11 is 0. The average molecular weight is 599 g/mol. The maximum atomic E-state index is 13.1. The Bertz CT molecular complexity index is 1280. The molecule has 238 valence electrons. The van der Waals surface area contributed by atoms with Crippen molar-refractivity contribution in [1.29, 1.82) is 0 Å². The van der Waals surface area contributed by atoms with Crippen molar-refractivity contribution in [3.63, 3.8) is 0 Å². The van der Waals surface area contributed by atoms with Gasteiger partial charge in [-0.1, -0.05) is 64.3 Å². The van der Waals surface area contributed by atoms with Crippen molar-refractivity contribution in [3.05, 3.63) is 58.2 Å². The van der Waals surface area contributed by atoms with Crippen molar-refractivity contribution in [1.82, 2.24) is 0 Å². The van der Waals surface area contributed by atoms with Crippen LogP contribution in [0.3, 0.4) is 0 Å². The van der Waals surface area contributed by atoms with E-state index in [2.05, 4.69) is 61.5 Å². The van der Waals surface area contributed by atoms with Crippen LogP contribution in [0.4, 0.5) is 13.2 Å². The Kier molecular flexibility index (Phi) is 8.34. The Labute approximate surface area is 257 Å². The average Bonchev–Trinajstić information content (AvgIpc) is 3.21. The minimum atomic E-state index is -4.43. The third kappa shape index (κ3) is 5.33. The highest BCUT2D eigenvalue weighted by molar-refractivity contribution is 5.89. The number of hydrogen-bond acceptors (Lipinski definition) is 2. The summed E-state index contributed by atoms with van der Waals surface area (Å²) in [6, 6.07) is 4.40. The predicted molar refractivity (Wildman–Crippen MR) is 168 cm³/mol. The van der Waals surface area contributed by atoms with Gasteiger partial charge in [0.05, 0.1) is 11.1 Å². The lowest BCUT2D eigenvalue weighted by molar-refractivity contribution is -0.137. The summed E-state index contributed by atoms with van der Waals surface area (Å²) < 4.78 is 45.2. The van der Waals surface area contributed by atoms with Gasteiger partial charge in [-0.15, -0.1) is 0 Å². The van der Waals surface area contributed by atoms with E-state index >= 15 is 0 Å². The summed E-state index contributed by atoms with van der Waals surface area (Å²) in [5.74, 6) is 1.36. The molecule has 5 heteroatoms. The topological polar surface area (TPSA) is 26.3 Å². The van der Waals surface area contributed by atoms with Crippen molar-refractivity contribution in [3.8, 4) is 0 Å². The van der Waals surface area contributed by atoms with Crippen molar-refractivity contribution < 1.29 is 22.7 Å². The van der Waals surface area contributed by atoms with Crippen molar-refractivity contribution >= 4 is 5.97 Å². The largest absolute Gasteiger partial charge is 0.458 e. The number of halogens is 3. The first-order chi connectivity index (χ1) is 19.9. The number of carbonyl (C=O) groups is 1. The molecule has 1 aromatic carbocycles. The highest BCUT2D eigenvalue weighted by Crippen LogP contribution is 2.72. The molecule has 4 aliphatic carbocycles. The molecular weight excluding hydrogens is 545 g/mol. The number of ether oxygens (including phenoxy) is 1. The van der Waals surface area contributed by atoms with Gasteiger partial charge in [0.15, 0.2) is 0 Å². The second kappa shape index (κ2) is 11.1. The summed E-state index contributed by atoms with van der Waals surface area (Å²) in [4.78, 5) is 13.1. The van der Waals surface area contributed by atoms with E-state index in [1.165, 1.54) is 56.2 Å². The summed E-state index contributed by atoms with van der Waals surface area (Å²) in [5.41, 5.74) is 4.75. The second-order valence-corrected chi connectivity index (χ2v) is 16.0. The molecule has 43 heavy (non-hydrogen) atoms. The number of fused-ring (bicyclic) bond motifs is 4. The van der Waals surface area contributed by atoms with Gasteiger partial charge < -0.3 is 4.74 Å². The van der Waals surface area contributed by atoms with Crippen molar-refractivity contribution in [2.24, 2.45) is 39.4 Å². The van der Waals surface area contributed by atoms with Gasteiger partial charge >= 0.3 is 12.1 Å². The highest BCUT2D eigenvalue weighted by atomic mass is 19.4. The van der Waals surface area contributed by atoms with Crippen LogP contribution in [-0.2, 0) is 10.9 Å². The minimum Gasteiger partial charge on any atom is -0.458 e. The maximum Gasteiger partial charge on any atom is 0.416 e. The van der Waals surface area contributed by atoms with Crippen LogP contribution in [0.5, 0.6) is 0 Å². The Hall–Kier alpha value is -2.04. The Morgan fingerprint density at radius 1 is 0.953 bits per heavy atom. The van der Waals surface area contributed by atoms with Gasteiger partial charge in [0.1, 0.15) is 6.10 Å². The zero-order valence-electron chi connectivity index (χ0n) is 27.7. The van der Waals surface area contributed by atoms with Crippen molar-refractivity contribution in [2.75, 3.05) is 0 Å². The van der Waals surface area contributed by atoms with Gasteiger partial charge in [0.2, 0.25) is 0 Å². The third-order valence-electron chi connectivity index (χ3n) is 13.3. The van der Waals surface area contributed by atoms with Gasteiger partial charge in [-0.05, 0) is 136 Å². The lowest BCUT2D eigenvalue weighted by Crippen LogP contribution is -2.55. The fourth-order valence-electron chi connectivity index (χ4n) is 10.7. The number of benzene rings is 1. The number of rotatable bonds is 6. The molecule has 3 unspecified atom stereocenters. The van der Waals surface area contributed by atoms with Crippen LogP contribution in [0, 0.1) is 39.4 Å². The molecule has 0 spiro atoms. The van der Waals surface area contributed by atoms with E-state index in [-0.39, 0.29) is 27.9 Å². The SMILES string of the molecule is CC(C)=CCC[C@@H](C)[C@H]1CC[C@@]2(C)C3=C(CC[C@]12C)C1(C)CCC(OC(=O)c2ccc(C(F)(F)F)cc2)C(C)(C)C1CC3. The van der Waals surface area contributed by atoms with Gasteiger partial charge in [-0.25, -0.2) is 4.79 Å². The second-order valence-electron chi connectivity index (χ2n) is 16.0. The minimum absolute atomic E-state index is 0.0891. The van der Waals surface area contributed by atoms with E-state index in [0.717, 1.165) is 49.7 Å². The summed E-state index contributed by atoms with van der Waals surface area (Å²) in [6.45, 7) is 19.1. The smallest absolute Gasteiger partial charge is 0.416 e. The monoisotopic (exact) mass is 598 g/mol. The number of allylic oxidation sites excluding steroid dienone is 4. The highest BCUT2D eigenvalue weighted by Gasteiger charge is 2.63. The van der Waals surface area contributed by atoms with Gasteiger partial charge in [0, 0.05) is 5.41 Å². The van der Waals surface area contributed by atoms with E-state index in [1.54, 1.807) is 11.1 Å². The van der Waals surface area contributed by atoms with Crippen LogP contribution in [0.25, 0.3) is 0 Å². The normalized spacial score (nSPS) is 35.8. The Morgan fingerprint density at radius 2 is 1.63 bits per heavy atom. The van der Waals surface area contributed by atoms with Crippen LogP contribution >= 0.6 is 0 Å². The number of carbonyl (C=O) groups excluding carboxylic acids is 1. The molecule has 0 saturated heterocycles. The summed E-state index contributed by atoms with van der Waals surface area (Å²) in [5, 5.41) is 0. The van der Waals surface area contributed by atoms with E-state index in [1.807, 2.05) is 0 Å². The quantitative estimate of drug-likeness (QED) is 0.240. The molecule has 0 radical (unpaired) electrons. The molecule has 0 aliphatic heterocycles. The molecule has 2 saturated carbocycles. The van der Waals surface area contributed by atoms with Crippen LogP contribution in [-0.4, -0.2) is 12.1 Å². The van der Waals surface area contributed by atoms with Gasteiger partial charge in [0.25, 0.3) is 0 Å². The molecule has 7 atom stereocenters. The van der Waals surface area contributed by atoms with Crippen LogP contribution in [0.1, 0.15) is 136 Å². The molecule has 0 bridgehead atoms. The van der Waals surface area contributed by atoms with E-state index in [0.29, 0.717) is 11.3 Å². The standard InChI is InChI=1S/C38H53F3O2/c1-24(2)10-9-11-25(3)28-18-22-37(8)30-16-17-31-34(4,5)32(20-21-35(31,6)29(30)19-23-36(28,37)7)43-33(42)26-12-14-27(15-13-26)38(39,40)41/h10,12-15,25,28,31-32H,9,11,16-23H2,1-8H3/t25-,28-,31?,32?,35?,36-,37+/m1/s1. The third-order valence-corrected chi connectivity index (χ3v) is 13.3. The molecule has 2 nitrogen and oxygen atoms in total. The molecule has 1 aromatic rings. The Morgan fingerprint density at radius 3 is 2.26 bits per heavy atom. The lowest BCUT2D eigenvalue weighted by Gasteiger charge is -2.62. The molecule has 0 N–H and O–H groups in total. The Balaban J connectivity index is 1.35. The molecule has 4 aliphatic rings. The van der Waals surface area contributed by atoms with Crippen LogP contribution < -0.4 is 0 Å². The van der Waals surface area contributed by atoms with E-state index in [9.17, 15) is 18.0 Å². The first-order valence-corrected chi connectivity index (χ1v) is 16.7. The molecule has 0 heterocycles. The molecule has 0 aromatic heterocycles. The molecular formula is C38H53F3O2. The van der Waals surface area contributed by atoms with Crippen LogP contribution in [0.2, 0.25) is 0 Å². The molecule has 0 amide bonds. The van der Waals surface area contributed by atoms with Crippen molar-refractivity contribution in [2.45, 2.75) is 132 Å². The zero-order valence-corrected chi connectivity index (χ0v) is 27.7. The van der Waals surface area contributed by atoms with E-state index < -0.39 is 17.7 Å². The van der Waals surface area contributed by atoms with Gasteiger partial charge in [-0.3, -0.25) is 0 Å². The number of hydrogen-bond donors (Lipinski definition) is 0. The van der Waals surface area contributed by atoms with Gasteiger partial charge in [-0.2, -0.15) is 13.2 Å². The summed E-state index contributed by atoms with van der Waals surface area (Å²) in [6.07, 6.45) is 9.21. The first kappa shape index (κ1) is 32.4. The fourth-order valence-corrected chi connectivity index (χ4v) is 10.7. The predicted octanol–water partition coefficient (Wildman–Crippen LogP) is 11.4. The molecule has 2 fully saturated rings. The fraction of sp³-hybridized carbons (Fsp3) is 0.711. The maximum absolute atomic E-state index is 13.1. The first-order valence-electron chi connectivity index (χ1n) is 16.7. The van der Waals surface area contributed by atoms with E-state index in [4.69, 9.17) is 4.74 Å². The lowest BCUT2D eigenvalue weighted by atomic mass is 9.43. The molecule has 5 rings (SSSR count). The summed E-state index contributed by atoms with van der Waals surface area (Å²) in [7, 11) is 0. The number of esters is 1.